The Bertz CT molecular complexity index is 451. The number of rotatable bonds is 2. The predicted molar refractivity (Wildman–Crippen MR) is 73.7 cm³/mol. The SMILES string of the molecule is COC(=O)C1[C@@H]2CC[C@H]1CN(c1nc(Br)cs1)C2. The van der Waals surface area contributed by atoms with E-state index < -0.39 is 0 Å². The van der Waals surface area contributed by atoms with E-state index in [1.807, 2.05) is 5.38 Å². The molecule has 2 fully saturated rings. The monoisotopic (exact) mass is 330 g/mol. The first-order valence-corrected chi connectivity index (χ1v) is 7.80. The predicted octanol–water partition coefficient (Wildman–Crippen LogP) is 2.54. The van der Waals surface area contributed by atoms with Crippen molar-refractivity contribution in [2.24, 2.45) is 17.8 Å². The summed E-state index contributed by atoms with van der Waals surface area (Å²) in [7, 11) is 1.49. The second-order valence-electron chi connectivity index (χ2n) is 5.00. The van der Waals surface area contributed by atoms with E-state index in [9.17, 15) is 4.79 Å². The Labute approximate surface area is 118 Å². The van der Waals surface area contributed by atoms with Crippen molar-refractivity contribution in [2.45, 2.75) is 12.8 Å². The quantitative estimate of drug-likeness (QED) is 0.781. The molecule has 1 aliphatic carbocycles. The molecule has 3 atom stereocenters. The lowest BCUT2D eigenvalue weighted by molar-refractivity contribution is -0.148. The Hall–Kier alpha value is -0.620. The van der Waals surface area contributed by atoms with Crippen molar-refractivity contribution in [3.63, 3.8) is 0 Å². The van der Waals surface area contributed by atoms with Gasteiger partial charge >= 0.3 is 5.97 Å². The number of hydrogen-bond acceptors (Lipinski definition) is 5. The van der Waals surface area contributed by atoms with Gasteiger partial charge in [-0.15, -0.1) is 11.3 Å². The number of thiazole rings is 1. The maximum Gasteiger partial charge on any atom is 0.309 e. The number of anilines is 1. The van der Waals surface area contributed by atoms with Gasteiger partial charge in [-0.05, 0) is 40.6 Å². The average Bonchev–Trinajstić information content (AvgIpc) is 2.90. The van der Waals surface area contributed by atoms with Gasteiger partial charge in [0.25, 0.3) is 0 Å². The largest absolute Gasteiger partial charge is 0.469 e. The van der Waals surface area contributed by atoms with Crippen LogP contribution in [-0.2, 0) is 9.53 Å². The summed E-state index contributed by atoms with van der Waals surface area (Å²) in [6.45, 7) is 1.85. The molecule has 4 nitrogen and oxygen atoms in total. The third-order valence-electron chi connectivity index (χ3n) is 4.04. The highest BCUT2D eigenvalue weighted by Gasteiger charge is 2.46. The Morgan fingerprint density at radius 3 is 2.67 bits per heavy atom. The molecule has 1 unspecified atom stereocenters. The van der Waals surface area contributed by atoms with Crippen LogP contribution in [0, 0.1) is 17.8 Å². The van der Waals surface area contributed by atoms with Crippen molar-refractivity contribution in [1.82, 2.24) is 4.98 Å². The second-order valence-corrected chi connectivity index (χ2v) is 6.65. The van der Waals surface area contributed by atoms with E-state index in [4.69, 9.17) is 4.74 Å². The first-order chi connectivity index (χ1) is 8.69. The van der Waals surface area contributed by atoms with E-state index in [2.05, 4.69) is 25.8 Å². The van der Waals surface area contributed by atoms with Gasteiger partial charge in [0.05, 0.1) is 13.0 Å². The van der Waals surface area contributed by atoms with Gasteiger partial charge in [-0.25, -0.2) is 4.98 Å². The normalized spacial score (nSPS) is 30.6. The summed E-state index contributed by atoms with van der Waals surface area (Å²) in [5.74, 6) is 0.940. The van der Waals surface area contributed by atoms with E-state index in [1.54, 1.807) is 11.3 Å². The van der Waals surface area contributed by atoms with Gasteiger partial charge in [0.2, 0.25) is 0 Å². The molecular formula is C12H15BrN2O2S. The van der Waals surface area contributed by atoms with Crippen LogP contribution in [0.1, 0.15) is 12.8 Å². The lowest BCUT2D eigenvalue weighted by atomic mass is 9.85. The van der Waals surface area contributed by atoms with Gasteiger partial charge in [0.1, 0.15) is 4.60 Å². The van der Waals surface area contributed by atoms with Gasteiger partial charge in [0, 0.05) is 18.5 Å². The Morgan fingerprint density at radius 1 is 1.50 bits per heavy atom. The highest BCUT2D eigenvalue weighted by Crippen LogP contribution is 2.44. The summed E-state index contributed by atoms with van der Waals surface area (Å²) in [5, 5.41) is 3.06. The van der Waals surface area contributed by atoms with Gasteiger partial charge < -0.3 is 9.64 Å². The van der Waals surface area contributed by atoms with Crippen molar-refractivity contribution in [3.8, 4) is 0 Å². The molecule has 6 heteroatoms. The molecule has 1 saturated carbocycles. The van der Waals surface area contributed by atoms with Crippen LogP contribution in [0.2, 0.25) is 0 Å². The van der Waals surface area contributed by atoms with Gasteiger partial charge in [-0.2, -0.15) is 0 Å². The highest BCUT2D eigenvalue weighted by atomic mass is 79.9. The Balaban J connectivity index is 1.77. The fraction of sp³-hybridized carbons (Fsp3) is 0.667. The standard InChI is InChI=1S/C12H15BrN2O2S/c1-17-11(16)10-7-2-3-8(10)5-15(4-7)12-14-9(13)6-18-12/h6-8,10H,2-5H2,1H3/t7-,8+,10?. The van der Waals surface area contributed by atoms with E-state index in [0.717, 1.165) is 35.7 Å². The summed E-state index contributed by atoms with van der Waals surface area (Å²) < 4.78 is 5.83. The molecule has 1 aromatic heterocycles. The number of carbonyl (C=O) groups excluding carboxylic acids is 1. The van der Waals surface area contributed by atoms with Crippen LogP contribution < -0.4 is 4.90 Å². The number of hydrogen-bond donors (Lipinski definition) is 0. The first-order valence-electron chi connectivity index (χ1n) is 6.13. The van der Waals surface area contributed by atoms with Crippen LogP contribution in [0.15, 0.2) is 9.98 Å². The molecule has 2 heterocycles. The van der Waals surface area contributed by atoms with Crippen molar-refractivity contribution in [1.29, 1.82) is 0 Å². The molecule has 0 aromatic carbocycles. The zero-order valence-electron chi connectivity index (χ0n) is 10.1. The second kappa shape index (κ2) is 4.81. The van der Waals surface area contributed by atoms with Gasteiger partial charge in [-0.3, -0.25) is 4.79 Å². The van der Waals surface area contributed by atoms with Gasteiger partial charge in [-0.1, -0.05) is 0 Å². The molecule has 1 aliphatic heterocycles. The molecule has 0 radical (unpaired) electrons. The Kier molecular flexibility index (Phi) is 3.32. The molecule has 2 bridgehead atoms. The smallest absolute Gasteiger partial charge is 0.309 e. The maximum atomic E-state index is 11.8. The number of halogens is 1. The fourth-order valence-corrected chi connectivity index (χ4v) is 4.56. The summed E-state index contributed by atoms with van der Waals surface area (Å²) in [6.07, 6.45) is 2.26. The minimum atomic E-state index is -0.0255. The summed E-state index contributed by atoms with van der Waals surface area (Å²) in [5.41, 5.74) is 0. The molecular weight excluding hydrogens is 316 g/mol. The van der Waals surface area contributed by atoms with Crippen LogP contribution in [0.5, 0.6) is 0 Å². The average molecular weight is 331 g/mol. The number of ether oxygens (including phenoxy) is 1. The molecule has 0 amide bonds. The molecule has 2 aliphatic rings. The molecule has 0 N–H and O–H groups in total. The summed E-state index contributed by atoms with van der Waals surface area (Å²) in [4.78, 5) is 18.6. The van der Waals surface area contributed by atoms with E-state index >= 15 is 0 Å². The van der Waals surface area contributed by atoms with E-state index in [0.29, 0.717) is 11.8 Å². The van der Waals surface area contributed by atoms with Crippen LogP contribution in [0.25, 0.3) is 0 Å². The topological polar surface area (TPSA) is 42.4 Å². The minimum absolute atomic E-state index is 0.0255. The van der Waals surface area contributed by atoms with Crippen molar-refractivity contribution < 1.29 is 9.53 Å². The molecule has 0 spiro atoms. The van der Waals surface area contributed by atoms with Crippen molar-refractivity contribution in [2.75, 3.05) is 25.1 Å². The lowest BCUT2D eigenvalue weighted by Crippen LogP contribution is -2.45. The van der Waals surface area contributed by atoms with Crippen LogP contribution in [0.4, 0.5) is 5.13 Å². The third-order valence-corrected chi connectivity index (χ3v) is 5.65. The van der Waals surface area contributed by atoms with E-state index in [1.165, 1.54) is 7.11 Å². The third kappa shape index (κ3) is 2.05. The summed E-state index contributed by atoms with van der Waals surface area (Å²) in [6, 6.07) is 0. The molecule has 1 aromatic rings. The lowest BCUT2D eigenvalue weighted by Gasteiger charge is -2.36. The van der Waals surface area contributed by atoms with Crippen LogP contribution in [-0.4, -0.2) is 31.2 Å². The maximum absolute atomic E-state index is 11.8. The molecule has 1 saturated heterocycles. The highest BCUT2D eigenvalue weighted by molar-refractivity contribution is 9.10. The van der Waals surface area contributed by atoms with Crippen LogP contribution >= 0.6 is 27.3 Å². The summed E-state index contributed by atoms with van der Waals surface area (Å²) >= 11 is 5.04. The minimum Gasteiger partial charge on any atom is -0.469 e. The molecule has 98 valence electrons. The van der Waals surface area contributed by atoms with E-state index in [-0.39, 0.29) is 11.9 Å². The number of piperidine rings is 1. The van der Waals surface area contributed by atoms with Crippen molar-refractivity contribution in [3.05, 3.63) is 9.98 Å². The zero-order valence-corrected chi connectivity index (χ0v) is 12.5. The van der Waals surface area contributed by atoms with Gasteiger partial charge in [0.15, 0.2) is 5.13 Å². The number of carbonyl (C=O) groups is 1. The first kappa shape index (κ1) is 12.4. The Morgan fingerprint density at radius 2 is 2.17 bits per heavy atom. The number of methoxy groups -OCH3 is 1. The number of nitrogens with zero attached hydrogens (tertiary/aromatic N) is 2. The van der Waals surface area contributed by atoms with Crippen molar-refractivity contribution >= 4 is 38.4 Å². The van der Waals surface area contributed by atoms with Crippen LogP contribution in [0.3, 0.4) is 0 Å². The molecule has 18 heavy (non-hydrogen) atoms. The number of fused-ring (bicyclic) bond motifs is 2. The zero-order chi connectivity index (χ0) is 12.7. The number of esters is 1. The fourth-order valence-electron chi connectivity index (χ4n) is 3.29. The number of aromatic nitrogens is 1. The molecule has 3 rings (SSSR count).